The molecule has 0 saturated carbocycles. The number of rotatable bonds is 39. The second-order valence-electron chi connectivity index (χ2n) is 42.5. The molecule has 0 unspecified atom stereocenters. The molecule has 0 aliphatic heterocycles. The Hall–Kier alpha value is -6.04. The molecule has 12 nitrogen and oxygen atoms in total. The Kier molecular flexibility index (Phi) is 34.0. The maximum absolute atomic E-state index is 15.3. The summed E-state index contributed by atoms with van der Waals surface area (Å²) in [4.78, 5) is 67.8. The van der Waals surface area contributed by atoms with Gasteiger partial charge in [0.2, 0.25) is 0 Å². The lowest BCUT2D eigenvalue weighted by atomic mass is 9.64. The molecule has 0 saturated heterocycles. The SMILES string of the molecule is CCc1cc(C(C)(C)C(C)(C)C)cc(Cc2cc(C(C)(C)C(C)(C)C)cc(Cc3cc(C(C)(C)C(C)(C)C)cc(Cc4cc(C(C)(C)C(C)(C)C)cc(C)c4OCC(=O)N(CC(C)C)CC(C)C)c3OCC(=O)N(CC(C)C)CC(C)C)c2OCC(=O)N(CC(C)C)CC(C)C)c1OCC(=O)N(CC(C)C)CC(C)C. The van der Waals surface area contributed by atoms with Gasteiger partial charge in [0.1, 0.15) is 23.0 Å². The molecule has 4 amide bonds. The molecule has 622 valence electrons. The van der Waals surface area contributed by atoms with Gasteiger partial charge in [0.05, 0.1) is 0 Å². The van der Waals surface area contributed by atoms with Gasteiger partial charge < -0.3 is 38.5 Å². The van der Waals surface area contributed by atoms with Crippen molar-refractivity contribution >= 4 is 23.6 Å². The van der Waals surface area contributed by atoms with Crippen LogP contribution in [0, 0.1) is 75.9 Å². The second kappa shape index (κ2) is 38.9. The number of amides is 4. The van der Waals surface area contributed by atoms with Gasteiger partial charge in [-0.1, -0.05) is 305 Å². The maximum Gasteiger partial charge on any atom is 0.260 e. The van der Waals surface area contributed by atoms with Crippen molar-refractivity contribution in [2.75, 3.05) is 78.8 Å². The summed E-state index contributed by atoms with van der Waals surface area (Å²) in [5.74, 6) is 4.23. The molecule has 4 aromatic rings. The largest absolute Gasteiger partial charge is 0.483 e. The van der Waals surface area contributed by atoms with Crippen LogP contribution in [0.15, 0.2) is 48.5 Å². The first-order chi connectivity index (χ1) is 50.2. The highest BCUT2D eigenvalue weighted by Crippen LogP contribution is 2.50. The van der Waals surface area contributed by atoms with Crippen molar-refractivity contribution in [3.8, 4) is 23.0 Å². The average molecular weight is 1520 g/mol. The molecule has 0 bridgehead atoms. The third-order valence-corrected chi connectivity index (χ3v) is 24.4. The van der Waals surface area contributed by atoms with E-state index in [1.165, 1.54) is 5.56 Å². The Balaban J connectivity index is 2.47. The fourth-order valence-corrected chi connectivity index (χ4v) is 14.3. The van der Waals surface area contributed by atoms with E-state index in [2.05, 4.69) is 312 Å². The lowest BCUT2D eigenvalue weighted by molar-refractivity contribution is -0.135. The van der Waals surface area contributed by atoms with Gasteiger partial charge in [0.15, 0.2) is 26.4 Å². The Bertz CT molecular complexity index is 3640. The highest BCUT2D eigenvalue weighted by molar-refractivity contribution is 5.80. The van der Waals surface area contributed by atoms with E-state index in [9.17, 15) is 9.59 Å². The van der Waals surface area contributed by atoms with Gasteiger partial charge in [-0.3, -0.25) is 19.2 Å². The third kappa shape index (κ3) is 26.0. The van der Waals surface area contributed by atoms with Crippen molar-refractivity contribution in [2.24, 2.45) is 69.0 Å². The van der Waals surface area contributed by atoms with Gasteiger partial charge in [-0.05, 0) is 171 Å². The highest BCUT2D eigenvalue weighted by Gasteiger charge is 2.41. The number of carbonyl (C=O) groups is 4. The molecule has 4 rings (SSSR count). The van der Waals surface area contributed by atoms with E-state index in [1.54, 1.807) is 0 Å². The minimum atomic E-state index is -0.450. The van der Waals surface area contributed by atoms with E-state index < -0.39 is 10.8 Å². The summed E-state index contributed by atoms with van der Waals surface area (Å²) in [5, 5.41) is 0. The summed E-state index contributed by atoms with van der Waals surface area (Å²) in [7, 11) is 0. The van der Waals surface area contributed by atoms with Crippen LogP contribution in [0.2, 0.25) is 0 Å². The summed E-state index contributed by atoms with van der Waals surface area (Å²) >= 11 is 0. The highest BCUT2D eigenvalue weighted by atomic mass is 16.5. The van der Waals surface area contributed by atoms with Gasteiger partial charge in [-0.15, -0.1) is 0 Å². The van der Waals surface area contributed by atoms with Crippen molar-refractivity contribution in [2.45, 2.75) is 310 Å². The van der Waals surface area contributed by atoms with Crippen LogP contribution < -0.4 is 18.9 Å². The smallest absolute Gasteiger partial charge is 0.260 e. The van der Waals surface area contributed by atoms with Gasteiger partial charge in [0.25, 0.3) is 23.6 Å². The molecule has 0 atom stereocenters. The number of hydrogen-bond donors (Lipinski definition) is 0. The van der Waals surface area contributed by atoms with E-state index in [0.717, 1.165) is 61.2 Å². The van der Waals surface area contributed by atoms with Crippen molar-refractivity contribution in [3.63, 3.8) is 0 Å². The average Bonchev–Trinajstić information content (AvgIpc) is 0.759. The zero-order valence-electron chi connectivity index (χ0n) is 77.6. The van der Waals surface area contributed by atoms with Gasteiger partial charge >= 0.3 is 0 Å². The van der Waals surface area contributed by atoms with Gasteiger partial charge in [-0.2, -0.15) is 0 Å². The summed E-state index contributed by atoms with van der Waals surface area (Å²) in [6.45, 7) is 89.2. The van der Waals surface area contributed by atoms with Crippen molar-refractivity contribution < 1.29 is 38.1 Å². The number of ether oxygens (including phenoxy) is 4. The zero-order chi connectivity index (χ0) is 84.3. The third-order valence-electron chi connectivity index (χ3n) is 24.4. The molecule has 0 aliphatic rings. The van der Waals surface area contributed by atoms with Crippen LogP contribution in [-0.2, 0) is 66.5 Å². The molecule has 0 aromatic heterocycles. The van der Waals surface area contributed by atoms with E-state index in [-0.39, 0.29) is 136 Å². The quantitative estimate of drug-likeness (QED) is 0.0433. The maximum atomic E-state index is 15.3. The Morgan fingerprint density at radius 3 is 0.618 bits per heavy atom. The van der Waals surface area contributed by atoms with E-state index in [0.29, 0.717) is 94.6 Å². The molecular weight excluding hydrogens is 1360 g/mol. The minimum Gasteiger partial charge on any atom is -0.483 e. The molecule has 0 fully saturated rings. The van der Waals surface area contributed by atoms with Crippen LogP contribution >= 0.6 is 0 Å². The molecule has 110 heavy (non-hydrogen) atoms. The number of benzene rings is 4. The standard InChI is InChI=1S/C98H162N4O8/c1-39-72-44-80(96(33,34)92(22,23)24)46-74(88(72)108-60-84(104)100(53-65(6)7)54-66(8)9)42-76-48-82(98(37,38)94(28,29)30)50-78(90(76)110-62-86(106)102(57-69(14)15)58-70(16)17)43-77-49-81(97(35,36)93(25,26)27)47-75(89(77)109-61-85(105)101(55-67(10)11)56-68(12)13)41-73-45-79(95(31,32)91(19,20)21)40-71(18)87(73)107-59-83(103)99(51-63(2)3)52-64(4)5/h40,44-50,63-70H,39,41-43,51-62H2,1-38H3. The molecule has 0 spiro atoms. The summed E-state index contributed by atoms with van der Waals surface area (Å²) in [5.41, 5.74) is 9.47. The van der Waals surface area contributed by atoms with E-state index in [1.807, 2.05) is 19.6 Å². The van der Waals surface area contributed by atoms with Crippen LogP contribution in [0.1, 0.15) is 323 Å². The fraction of sp³-hybridized carbons (Fsp3) is 0.714. The fourth-order valence-electron chi connectivity index (χ4n) is 14.3. The first-order valence-corrected chi connectivity index (χ1v) is 42.4. The Morgan fingerprint density at radius 1 is 0.273 bits per heavy atom. The molecule has 0 heterocycles. The normalized spacial score (nSPS) is 13.1. The van der Waals surface area contributed by atoms with Crippen LogP contribution in [0.4, 0.5) is 0 Å². The molecule has 0 aliphatic carbocycles. The lowest BCUT2D eigenvalue weighted by Gasteiger charge is -2.41. The lowest BCUT2D eigenvalue weighted by Crippen LogP contribution is -2.40. The first-order valence-electron chi connectivity index (χ1n) is 42.4. The van der Waals surface area contributed by atoms with E-state index >= 15 is 9.59 Å². The summed E-state index contributed by atoms with van der Waals surface area (Å²) in [6, 6.07) is 18.5. The summed E-state index contributed by atoms with van der Waals surface area (Å²) < 4.78 is 29.2. The molecule has 12 heteroatoms. The van der Waals surface area contributed by atoms with Crippen molar-refractivity contribution in [3.05, 3.63) is 115 Å². The predicted octanol–water partition coefficient (Wildman–Crippen LogP) is 22.7. The van der Waals surface area contributed by atoms with Crippen LogP contribution in [-0.4, -0.2) is 122 Å². The van der Waals surface area contributed by atoms with Crippen LogP contribution in [0.5, 0.6) is 23.0 Å². The van der Waals surface area contributed by atoms with Crippen molar-refractivity contribution in [1.29, 1.82) is 0 Å². The number of hydrogen-bond acceptors (Lipinski definition) is 8. The second-order valence-corrected chi connectivity index (χ2v) is 42.5. The topological polar surface area (TPSA) is 118 Å². The minimum absolute atomic E-state index is 0.0462. The van der Waals surface area contributed by atoms with Gasteiger partial charge in [-0.25, -0.2) is 0 Å². The summed E-state index contributed by atoms with van der Waals surface area (Å²) in [6.07, 6.45) is 1.63. The Morgan fingerprint density at radius 2 is 0.436 bits per heavy atom. The number of carbonyl (C=O) groups excluding carboxylic acids is 4. The number of aryl methyl sites for hydroxylation is 2. The predicted molar refractivity (Wildman–Crippen MR) is 465 cm³/mol. The van der Waals surface area contributed by atoms with Crippen LogP contribution in [0.3, 0.4) is 0 Å². The molecule has 0 N–H and O–H groups in total. The first kappa shape index (κ1) is 96.3. The molecular formula is C98H162N4O8. The van der Waals surface area contributed by atoms with Crippen LogP contribution in [0.25, 0.3) is 0 Å². The van der Waals surface area contributed by atoms with Gasteiger partial charge in [0, 0.05) is 71.6 Å². The Labute approximate surface area is 674 Å². The van der Waals surface area contributed by atoms with Crippen molar-refractivity contribution in [1.82, 2.24) is 19.6 Å². The number of nitrogens with zero attached hydrogens (tertiary/aromatic N) is 4. The zero-order valence-corrected chi connectivity index (χ0v) is 77.6. The molecule has 0 radical (unpaired) electrons. The van der Waals surface area contributed by atoms with E-state index in [4.69, 9.17) is 18.9 Å². The molecule has 4 aromatic carbocycles. The monoisotopic (exact) mass is 1520 g/mol.